The number of carbonyl (C=O) groups excluding carboxylic acids is 1. The summed E-state index contributed by atoms with van der Waals surface area (Å²) in [5.74, 6) is 0.524. The molecule has 0 unspecified atom stereocenters. The minimum absolute atomic E-state index is 0.0256. The molecule has 1 amide bonds. The van der Waals surface area contributed by atoms with Crippen LogP contribution in [0.4, 0.5) is 5.69 Å². The number of nitrogens with zero attached hydrogens (tertiary/aromatic N) is 1. The normalized spacial score (nSPS) is 11.7. The van der Waals surface area contributed by atoms with Gasteiger partial charge in [0.25, 0.3) is 0 Å². The van der Waals surface area contributed by atoms with Crippen molar-refractivity contribution in [1.82, 2.24) is 10.3 Å². The fraction of sp³-hybridized carbons (Fsp3) is 0.333. The van der Waals surface area contributed by atoms with E-state index in [0.29, 0.717) is 12.4 Å². The molecule has 2 N–H and O–H groups in total. The molecule has 0 aliphatic carbocycles. The lowest BCUT2D eigenvalue weighted by Crippen LogP contribution is -2.38. The van der Waals surface area contributed by atoms with Gasteiger partial charge in [-0.1, -0.05) is 6.07 Å². The average Bonchev–Trinajstić information content (AvgIpc) is 3.01. The predicted octanol–water partition coefficient (Wildman–Crippen LogP) is 2.31. The number of methoxy groups -OCH3 is 1. The lowest BCUT2D eigenvalue weighted by Gasteiger charge is -2.15. The first-order chi connectivity index (χ1) is 10.2. The van der Waals surface area contributed by atoms with Gasteiger partial charge >= 0.3 is 0 Å². The Balaban J connectivity index is 1.76. The van der Waals surface area contributed by atoms with E-state index >= 15 is 0 Å². The Bertz CT molecular complexity index is 555. The van der Waals surface area contributed by atoms with Crippen LogP contribution in [0.25, 0.3) is 0 Å². The number of hydrogen-bond donors (Lipinski definition) is 2. The number of pyridine rings is 1. The maximum absolute atomic E-state index is 12.0. The minimum Gasteiger partial charge on any atom is -0.481 e. The van der Waals surface area contributed by atoms with Crippen molar-refractivity contribution in [3.63, 3.8) is 0 Å². The van der Waals surface area contributed by atoms with E-state index in [-0.39, 0.29) is 11.9 Å². The summed E-state index contributed by atoms with van der Waals surface area (Å²) in [5.41, 5.74) is 0.789. The van der Waals surface area contributed by atoms with Gasteiger partial charge in [-0.15, -0.1) is 11.3 Å². The summed E-state index contributed by atoms with van der Waals surface area (Å²) in [7, 11) is 1.57. The van der Waals surface area contributed by atoms with Crippen molar-refractivity contribution in [1.29, 1.82) is 0 Å². The van der Waals surface area contributed by atoms with Gasteiger partial charge in [-0.3, -0.25) is 4.79 Å². The molecule has 0 fully saturated rings. The van der Waals surface area contributed by atoms with Crippen molar-refractivity contribution < 1.29 is 9.53 Å². The number of ether oxygens (including phenoxy) is 1. The van der Waals surface area contributed by atoms with Gasteiger partial charge in [0, 0.05) is 17.5 Å². The van der Waals surface area contributed by atoms with Crippen LogP contribution in [0.2, 0.25) is 0 Å². The highest BCUT2D eigenvalue weighted by Gasteiger charge is 2.12. The second-order valence-electron chi connectivity index (χ2n) is 4.58. The Hall–Kier alpha value is -2.08. The zero-order valence-electron chi connectivity index (χ0n) is 12.1. The van der Waals surface area contributed by atoms with Crippen LogP contribution in [-0.4, -0.2) is 30.6 Å². The zero-order chi connectivity index (χ0) is 15.1. The van der Waals surface area contributed by atoms with Gasteiger partial charge in [0.1, 0.15) is 6.04 Å². The summed E-state index contributed by atoms with van der Waals surface area (Å²) in [4.78, 5) is 17.3. The van der Waals surface area contributed by atoms with E-state index in [9.17, 15) is 4.79 Å². The van der Waals surface area contributed by atoms with E-state index in [1.165, 1.54) is 4.88 Å². The van der Waals surface area contributed by atoms with Crippen LogP contribution >= 0.6 is 11.3 Å². The number of hydrogen-bond acceptors (Lipinski definition) is 5. The summed E-state index contributed by atoms with van der Waals surface area (Å²) in [6, 6.07) is 7.36. The van der Waals surface area contributed by atoms with Gasteiger partial charge in [-0.25, -0.2) is 4.98 Å². The monoisotopic (exact) mass is 305 g/mol. The summed E-state index contributed by atoms with van der Waals surface area (Å²) in [6.07, 6.45) is 2.51. The zero-order valence-corrected chi connectivity index (χ0v) is 12.9. The number of amides is 1. The molecule has 2 rings (SSSR count). The van der Waals surface area contributed by atoms with Crippen molar-refractivity contribution in [3.05, 3.63) is 40.7 Å². The molecule has 1 atom stereocenters. The number of thiophene rings is 1. The summed E-state index contributed by atoms with van der Waals surface area (Å²) in [6.45, 7) is 2.47. The van der Waals surface area contributed by atoms with E-state index in [1.54, 1.807) is 30.7 Å². The molecule has 0 aliphatic heterocycles. The van der Waals surface area contributed by atoms with Crippen molar-refractivity contribution >= 4 is 22.9 Å². The first-order valence-electron chi connectivity index (χ1n) is 6.75. The lowest BCUT2D eigenvalue weighted by molar-refractivity contribution is -0.121. The molecule has 0 radical (unpaired) electrons. The molecule has 5 nitrogen and oxygen atoms in total. The molecule has 6 heteroatoms. The predicted molar refractivity (Wildman–Crippen MR) is 84.9 cm³/mol. The number of rotatable bonds is 7. The van der Waals surface area contributed by atoms with E-state index < -0.39 is 0 Å². The molecule has 2 aromatic heterocycles. The third kappa shape index (κ3) is 4.75. The number of anilines is 1. The molecule has 112 valence electrons. The fourth-order valence-corrected chi connectivity index (χ4v) is 2.53. The first kappa shape index (κ1) is 15.3. The number of carbonyl (C=O) groups is 1. The molecule has 2 aromatic rings. The van der Waals surface area contributed by atoms with Crippen LogP contribution in [0.3, 0.4) is 0 Å². The van der Waals surface area contributed by atoms with E-state index in [2.05, 4.69) is 21.7 Å². The van der Waals surface area contributed by atoms with Crippen molar-refractivity contribution in [2.24, 2.45) is 0 Å². The summed E-state index contributed by atoms with van der Waals surface area (Å²) >= 11 is 1.70. The topological polar surface area (TPSA) is 63.2 Å². The van der Waals surface area contributed by atoms with Crippen LogP contribution in [-0.2, 0) is 11.2 Å². The molecule has 0 bridgehead atoms. The molecule has 0 saturated heterocycles. The Morgan fingerprint density at radius 2 is 2.29 bits per heavy atom. The van der Waals surface area contributed by atoms with E-state index in [1.807, 2.05) is 24.4 Å². The highest BCUT2D eigenvalue weighted by Crippen LogP contribution is 2.12. The SMILES string of the molecule is COc1ccc(N[C@H](C)C(=O)NCCc2cccs2)cn1. The van der Waals surface area contributed by atoms with Gasteiger partial charge in [-0.05, 0) is 30.9 Å². The van der Waals surface area contributed by atoms with Crippen LogP contribution in [0.5, 0.6) is 5.88 Å². The smallest absolute Gasteiger partial charge is 0.242 e. The minimum atomic E-state index is -0.316. The van der Waals surface area contributed by atoms with Gasteiger partial charge in [0.15, 0.2) is 0 Å². The maximum atomic E-state index is 12.0. The third-order valence-corrected chi connectivity index (χ3v) is 3.91. The molecule has 0 aliphatic rings. The maximum Gasteiger partial charge on any atom is 0.242 e. The second kappa shape index (κ2) is 7.64. The van der Waals surface area contributed by atoms with Crippen LogP contribution < -0.4 is 15.4 Å². The first-order valence-corrected chi connectivity index (χ1v) is 7.63. The molecule has 21 heavy (non-hydrogen) atoms. The van der Waals surface area contributed by atoms with Crippen molar-refractivity contribution in [3.8, 4) is 5.88 Å². The van der Waals surface area contributed by atoms with Crippen molar-refractivity contribution in [2.75, 3.05) is 19.0 Å². The summed E-state index contributed by atoms with van der Waals surface area (Å²) < 4.78 is 4.99. The fourth-order valence-electron chi connectivity index (χ4n) is 1.82. The molecule has 0 aromatic carbocycles. The molecule has 0 spiro atoms. The van der Waals surface area contributed by atoms with Gasteiger partial charge < -0.3 is 15.4 Å². The van der Waals surface area contributed by atoms with Gasteiger partial charge in [0.05, 0.1) is 19.0 Å². The summed E-state index contributed by atoms with van der Waals surface area (Å²) in [5, 5.41) is 8.07. The Morgan fingerprint density at radius 3 is 2.90 bits per heavy atom. The van der Waals surface area contributed by atoms with Crippen LogP contribution in [0.1, 0.15) is 11.8 Å². The van der Waals surface area contributed by atoms with E-state index in [4.69, 9.17) is 4.74 Å². The van der Waals surface area contributed by atoms with E-state index in [0.717, 1.165) is 12.1 Å². The second-order valence-corrected chi connectivity index (χ2v) is 5.61. The standard InChI is InChI=1S/C15H19N3O2S/c1-11(18-12-5-6-14(20-2)17-10-12)15(19)16-8-7-13-4-3-9-21-13/h3-6,9-11,18H,7-8H2,1-2H3,(H,16,19)/t11-/m1/s1. The van der Waals surface area contributed by atoms with Crippen molar-refractivity contribution in [2.45, 2.75) is 19.4 Å². The highest BCUT2D eigenvalue weighted by atomic mass is 32.1. The van der Waals surface area contributed by atoms with Gasteiger partial charge in [-0.2, -0.15) is 0 Å². The lowest BCUT2D eigenvalue weighted by atomic mass is 10.2. The largest absolute Gasteiger partial charge is 0.481 e. The molecule has 0 saturated carbocycles. The third-order valence-electron chi connectivity index (χ3n) is 2.97. The Labute approximate surface area is 128 Å². The molecular formula is C15H19N3O2S. The average molecular weight is 305 g/mol. The number of aromatic nitrogens is 1. The molecular weight excluding hydrogens is 286 g/mol. The van der Waals surface area contributed by atoms with Gasteiger partial charge in [0.2, 0.25) is 11.8 Å². The Morgan fingerprint density at radius 1 is 1.43 bits per heavy atom. The van der Waals surface area contributed by atoms with Crippen LogP contribution in [0.15, 0.2) is 35.8 Å². The highest BCUT2D eigenvalue weighted by molar-refractivity contribution is 7.09. The number of nitrogens with one attached hydrogen (secondary N) is 2. The quantitative estimate of drug-likeness (QED) is 0.824. The Kier molecular flexibility index (Phi) is 5.57. The van der Waals surface area contributed by atoms with Crippen LogP contribution in [0, 0.1) is 0 Å². The molecule has 2 heterocycles.